The summed E-state index contributed by atoms with van der Waals surface area (Å²) in [6, 6.07) is 0. The van der Waals surface area contributed by atoms with E-state index in [1.807, 2.05) is 0 Å². The minimum atomic E-state index is -1.22. The van der Waals surface area contributed by atoms with Crippen molar-refractivity contribution >= 4 is 5.97 Å². The van der Waals surface area contributed by atoms with Gasteiger partial charge in [0.2, 0.25) is 0 Å². The van der Waals surface area contributed by atoms with Crippen molar-refractivity contribution in [3.63, 3.8) is 0 Å². The highest BCUT2D eigenvalue weighted by Crippen LogP contribution is 2.17. The number of epoxide rings is 1. The predicted molar refractivity (Wildman–Crippen MR) is 34.0 cm³/mol. The maximum absolute atomic E-state index is 10.0. The Bertz CT molecular complexity index is 153. The normalized spacial score (nSPS) is 27.6. The average Bonchev–Trinajstić information content (AvgIpc) is 2.65. The number of ether oxygens (including phenoxy) is 1. The number of hydrogen-bond donors (Lipinski definition) is 3. The number of carboxylic acid groups (broad SMARTS) is 1. The summed E-state index contributed by atoms with van der Waals surface area (Å²) >= 11 is 0. The van der Waals surface area contributed by atoms with Gasteiger partial charge in [-0.1, -0.05) is 0 Å². The highest BCUT2D eigenvalue weighted by atomic mass is 16.6. The number of aliphatic hydroxyl groups is 2. The van der Waals surface area contributed by atoms with Crippen molar-refractivity contribution in [2.75, 3.05) is 6.61 Å². The van der Waals surface area contributed by atoms with Crippen LogP contribution in [0.25, 0.3) is 0 Å². The molecule has 0 spiro atoms. The molecule has 0 bridgehead atoms. The lowest BCUT2D eigenvalue weighted by Gasteiger charge is -2.12. The Kier molecular flexibility index (Phi) is 2.43. The smallest absolute Gasteiger partial charge is 0.306 e. The number of rotatable bonds is 4. The molecule has 0 amide bonds. The molecule has 5 nitrogen and oxygen atoms in total. The van der Waals surface area contributed by atoms with E-state index < -0.39 is 24.6 Å². The molecule has 0 aromatic carbocycles. The van der Waals surface area contributed by atoms with Crippen LogP contribution in [0.3, 0.4) is 0 Å². The van der Waals surface area contributed by atoms with Crippen LogP contribution in [-0.4, -0.2) is 46.2 Å². The van der Waals surface area contributed by atoms with Crippen LogP contribution in [0.5, 0.6) is 0 Å². The van der Waals surface area contributed by atoms with Gasteiger partial charge in [-0.05, 0) is 0 Å². The van der Waals surface area contributed by atoms with Gasteiger partial charge in [-0.2, -0.15) is 0 Å². The van der Waals surface area contributed by atoms with E-state index in [0.717, 1.165) is 0 Å². The first-order chi connectivity index (χ1) is 5.11. The van der Waals surface area contributed by atoms with E-state index in [-0.39, 0.29) is 6.10 Å². The van der Waals surface area contributed by atoms with Crippen LogP contribution >= 0.6 is 0 Å². The third-order valence-electron chi connectivity index (χ3n) is 1.52. The summed E-state index contributed by atoms with van der Waals surface area (Å²) in [4.78, 5) is 10.0. The zero-order valence-corrected chi connectivity index (χ0v) is 5.80. The van der Waals surface area contributed by atoms with Crippen LogP contribution in [-0.2, 0) is 9.53 Å². The quantitative estimate of drug-likeness (QED) is 0.441. The van der Waals surface area contributed by atoms with Crippen molar-refractivity contribution in [2.24, 2.45) is 0 Å². The molecule has 1 fully saturated rings. The molecule has 0 aliphatic carbocycles. The molecule has 1 rings (SSSR count). The van der Waals surface area contributed by atoms with Crippen molar-refractivity contribution in [1.82, 2.24) is 0 Å². The zero-order chi connectivity index (χ0) is 8.43. The van der Waals surface area contributed by atoms with Gasteiger partial charge in [0.15, 0.2) is 0 Å². The van der Waals surface area contributed by atoms with Gasteiger partial charge in [0.05, 0.1) is 19.1 Å². The van der Waals surface area contributed by atoms with E-state index in [4.69, 9.17) is 15.3 Å². The molecule has 1 saturated heterocycles. The maximum atomic E-state index is 10.0. The average molecular weight is 162 g/mol. The highest BCUT2D eigenvalue weighted by molar-refractivity contribution is 5.67. The molecule has 0 aromatic rings. The predicted octanol–water partition coefficient (Wildman–Crippen LogP) is -1.42. The molecule has 0 radical (unpaired) electrons. The van der Waals surface area contributed by atoms with Gasteiger partial charge in [0, 0.05) is 0 Å². The van der Waals surface area contributed by atoms with Gasteiger partial charge in [-0.15, -0.1) is 0 Å². The van der Waals surface area contributed by atoms with E-state index in [2.05, 4.69) is 4.74 Å². The Morgan fingerprint density at radius 3 is 2.55 bits per heavy atom. The summed E-state index contributed by atoms with van der Waals surface area (Å²) in [5.74, 6) is -1.13. The zero-order valence-electron chi connectivity index (χ0n) is 5.80. The molecule has 64 valence electrons. The molecule has 1 aliphatic heterocycles. The lowest BCUT2D eigenvalue weighted by Crippen LogP contribution is -2.32. The molecular weight excluding hydrogens is 152 g/mol. The number of carboxylic acids is 1. The summed E-state index contributed by atoms with van der Waals surface area (Å²) in [6.45, 7) is 0.401. The summed E-state index contributed by atoms with van der Waals surface area (Å²) < 4.78 is 4.67. The first-order valence-electron chi connectivity index (χ1n) is 3.31. The Hall–Kier alpha value is -0.650. The highest BCUT2D eigenvalue weighted by Gasteiger charge is 2.36. The SMILES string of the molecule is O=C(O)C[C@@H](O)[C@@H](O)C1CO1. The van der Waals surface area contributed by atoms with E-state index in [9.17, 15) is 4.79 Å². The largest absolute Gasteiger partial charge is 0.481 e. The Morgan fingerprint density at radius 2 is 2.18 bits per heavy atom. The second-order valence-electron chi connectivity index (χ2n) is 2.53. The second-order valence-corrected chi connectivity index (χ2v) is 2.53. The Labute approximate surface area is 63.2 Å². The third kappa shape index (κ3) is 2.45. The summed E-state index contributed by atoms with van der Waals surface area (Å²) in [6.07, 6.45) is -3.10. The molecule has 5 heteroatoms. The lowest BCUT2D eigenvalue weighted by molar-refractivity contribution is -0.141. The van der Waals surface area contributed by atoms with Crippen LogP contribution < -0.4 is 0 Å². The van der Waals surface area contributed by atoms with Crippen LogP contribution in [0.4, 0.5) is 0 Å². The van der Waals surface area contributed by atoms with Gasteiger partial charge in [-0.3, -0.25) is 4.79 Å². The molecule has 0 saturated carbocycles. The standard InChI is InChI=1S/C6H10O5/c7-3(1-5(8)9)6(10)4-2-11-4/h3-4,6-7,10H,1-2H2,(H,8,9)/t3-,4?,6-/m1/s1. The molecule has 3 atom stereocenters. The van der Waals surface area contributed by atoms with Crippen LogP contribution in [0.15, 0.2) is 0 Å². The monoisotopic (exact) mass is 162 g/mol. The van der Waals surface area contributed by atoms with Crippen LogP contribution in [0.2, 0.25) is 0 Å². The topological polar surface area (TPSA) is 90.3 Å². The van der Waals surface area contributed by atoms with Crippen LogP contribution in [0.1, 0.15) is 6.42 Å². The molecule has 11 heavy (non-hydrogen) atoms. The number of carbonyl (C=O) groups is 1. The van der Waals surface area contributed by atoms with Crippen molar-refractivity contribution in [3.05, 3.63) is 0 Å². The third-order valence-corrected chi connectivity index (χ3v) is 1.52. The number of hydrogen-bond acceptors (Lipinski definition) is 4. The maximum Gasteiger partial charge on any atom is 0.306 e. The lowest BCUT2D eigenvalue weighted by atomic mass is 10.1. The molecule has 1 heterocycles. The fraction of sp³-hybridized carbons (Fsp3) is 0.833. The molecule has 0 aromatic heterocycles. The van der Waals surface area contributed by atoms with Gasteiger partial charge in [0.25, 0.3) is 0 Å². The first kappa shape index (κ1) is 8.45. The van der Waals surface area contributed by atoms with E-state index in [1.54, 1.807) is 0 Å². The fourth-order valence-corrected chi connectivity index (χ4v) is 0.800. The number of aliphatic carboxylic acids is 1. The number of aliphatic hydroxyl groups excluding tert-OH is 2. The van der Waals surface area contributed by atoms with E-state index in [1.165, 1.54) is 0 Å². The van der Waals surface area contributed by atoms with Gasteiger partial charge in [0.1, 0.15) is 12.2 Å². The van der Waals surface area contributed by atoms with E-state index in [0.29, 0.717) is 6.61 Å². The molecule has 3 N–H and O–H groups in total. The Balaban J connectivity index is 2.26. The van der Waals surface area contributed by atoms with Crippen LogP contribution in [0, 0.1) is 0 Å². The van der Waals surface area contributed by atoms with Gasteiger partial charge >= 0.3 is 5.97 Å². The summed E-state index contributed by atoms with van der Waals surface area (Å²) in [7, 11) is 0. The van der Waals surface area contributed by atoms with Gasteiger partial charge in [-0.25, -0.2) is 0 Å². The van der Waals surface area contributed by atoms with E-state index >= 15 is 0 Å². The van der Waals surface area contributed by atoms with Crippen molar-refractivity contribution in [3.8, 4) is 0 Å². The van der Waals surface area contributed by atoms with Crippen molar-refractivity contribution < 1.29 is 24.9 Å². The second kappa shape index (κ2) is 3.17. The summed E-state index contributed by atoms with van der Waals surface area (Å²) in [5.41, 5.74) is 0. The minimum absolute atomic E-state index is 0.371. The summed E-state index contributed by atoms with van der Waals surface area (Å²) in [5, 5.41) is 26.3. The molecule has 1 unspecified atom stereocenters. The Morgan fingerprint density at radius 1 is 1.64 bits per heavy atom. The van der Waals surface area contributed by atoms with Gasteiger partial charge < -0.3 is 20.1 Å². The minimum Gasteiger partial charge on any atom is -0.481 e. The first-order valence-corrected chi connectivity index (χ1v) is 3.31. The van der Waals surface area contributed by atoms with Crippen molar-refractivity contribution in [1.29, 1.82) is 0 Å². The fourth-order valence-electron chi connectivity index (χ4n) is 0.800. The van der Waals surface area contributed by atoms with Crippen molar-refractivity contribution in [2.45, 2.75) is 24.7 Å². The molecule has 1 aliphatic rings. The molecular formula is C6H10O5.